The summed E-state index contributed by atoms with van der Waals surface area (Å²) in [7, 11) is 0. The number of nitrogens with two attached hydrogens (primary N) is 1. The average Bonchev–Trinajstić information content (AvgIpc) is 3.21. The summed E-state index contributed by atoms with van der Waals surface area (Å²) in [6, 6.07) is 6.42. The van der Waals surface area contributed by atoms with E-state index in [2.05, 4.69) is 0 Å². The number of carbonyl (C=O) groups is 1. The Balaban J connectivity index is 1.95. The highest BCUT2D eigenvalue weighted by Crippen LogP contribution is 2.30. The Morgan fingerprint density at radius 2 is 2.05 bits per heavy atom. The predicted octanol–water partition coefficient (Wildman–Crippen LogP) is 2.69. The molecule has 2 rings (SSSR count). The molecule has 1 aromatic carbocycles. The van der Waals surface area contributed by atoms with Crippen molar-refractivity contribution < 1.29 is 9.18 Å². The van der Waals surface area contributed by atoms with Crippen molar-refractivity contribution in [1.82, 2.24) is 4.90 Å². The van der Waals surface area contributed by atoms with Crippen LogP contribution in [-0.2, 0) is 11.3 Å². The monoisotopic (exact) mass is 278 g/mol. The van der Waals surface area contributed by atoms with Crippen molar-refractivity contribution in [3.63, 3.8) is 0 Å². The number of hydrogen-bond acceptors (Lipinski definition) is 2. The Hall–Kier alpha value is -1.42. The van der Waals surface area contributed by atoms with Crippen LogP contribution >= 0.6 is 0 Å². The summed E-state index contributed by atoms with van der Waals surface area (Å²) in [4.78, 5) is 14.2. The third-order valence-corrected chi connectivity index (χ3v) is 3.63. The Labute approximate surface area is 120 Å². The van der Waals surface area contributed by atoms with E-state index in [1.165, 1.54) is 25.0 Å². The van der Waals surface area contributed by atoms with Crippen LogP contribution in [-0.4, -0.2) is 23.4 Å². The van der Waals surface area contributed by atoms with Crippen molar-refractivity contribution in [3.05, 3.63) is 35.6 Å². The number of rotatable bonds is 7. The van der Waals surface area contributed by atoms with E-state index >= 15 is 0 Å². The average molecular weight is 278 g/mol. The van der Waals surface area contributed by atoms with E-state index in [1.807, 2.05) is 11.8 Å². The Morgan fingerprint density at radius 3 is 2.60 bits per heavy atom. The summed E-state index contributed by atoms with van der Waals surface area (Å²) < 4.78 is 12.9. The molecule has 1 atom stereocenters. The number of hydrogen-bond donors (Lipinski definition) is 1. The molecule has 3 nitrogen and oxygen atoms in total. The van der Waals surface area contributed by atoms with Crippen LogP contribution in [0.2, 0.25) is 0 Å². The maximum atomic E-state index is 12.9. The molecule has 0 spiro atoms. The lowest BCUT2D eigenvalue weighted by Gasteiger charge is -2.23. The van der Waals surface area contributed by atoms with Crippen LogP contribution in [0.4, 0.5) is 4.39 Å². The Bertz CT molecular complexity index is 440. The van der Waals surface area contributed by atoms with Gasteiger partial charge in [-0.25, -0.2) is 4.39 Å². The van der Waals surface area contributed by atoms with Crippen LogP contribution in [0.3, 0.4) is 0 Å². The first-order valence-corrected chi connectivity index (χ1v) is 7.32. The lowest BCUT2D eigenvalue weighted by atomic mass is 10.1. The quantitative estimate of drug-likeness (QED) is 0.833. The Morgan fingerprint density at radius 1 is 1.40 bits per heavy atom. The third-order valence-electron chi connectivity index (χ3n) is 3.63. The van der Waals surface area contributed by atoms with E-state index in [9.17, 15) is 9.18 Å². The lowest BCUT2D eigenvalue weighted by Crippen LogP contribution is -2.33. The maximum Gasteiger partial charge on any atom is 0.222 e. The summed E-state index contributed by atoms with van der Waals surface area (Å²) in [5.74, 6) is 0.555. The highest BCUT2D eigenvalue weighted by molar-refractivity contribution is 5.76. The molecule has 4 heteroatoms. The van der Waals surface area contributed by atoms with E-state index in [-0.39, 0.29) is 17.8 Å². The first-order chi connectivity index (χ1) is 9.54. The zero-order valence-electron chi connectivity index (χ0n) is 12.0. The van der Waals surface area contributed by atoms with Crippen LogP contribution < -0.4 is 5.73 Å². The van der Waals surface area contributed by atoms with Crippen LogP contribution in [0.25, 0.3) is 0 Å². The molecule has 0 saturated heterocycles. The molecule has 0 radical (unpaired) electrons. The number of carbonyl (C=O) groups excluding carboxylic acids is 1. The van der Waals surface area contributed by atoms with Crippen LogP contribution in [0, 0.1) is 11.7 Å². The van der Waals surface area contributed by atoms with Gasteiger partial charge in [0.2, 0.25) is 5.91 Å². The summed E-state index contributed by atoms with van der Waals surface area (Å²) in [5, 5.41) is 0. The van der Waals surface area contributed by atoms with Gasteiger partial charge in [-0.05, 0) is 49.8 Å². The van der Waals surface area contributed by atoms with Gasteiger partial charge in [0.25, 0.3) is 0 Å². The molecule has 0 heterocycles. The van der Waals surface area contributed by atoms with Gasteiger partial charge in [0.15, 0.2) is 0 Å². The minimum absolute atomic E-state index is 0.0487. The molecule has 0 aromatic heterocycles. The van der Waals surface area contributed by atoms with Crippen LogP contribution in [0.1, 0.15) is 38.2 Å². The number of halogens is 1. The van der Waals surface area contributed by atoms with Gasteiger partial charge in [0, 0.05) is 25.6 Å². The molecule has 20 heavy (non-hydrogen) atoms. The van der Waals surface area contributed by atoms with E-state index in [0.29, 0.717) is 25.3 Å². The standard InChI is InChI=1S/C16H23FN2O/c1-12(18)2-9-16(20)19(10-13-3-4-13)11-14-5-7-15(17)8-6-14/h5-8,12-13H,2-4,9-11,18H2,1H3. The second kappa shape index (κ2) is 6.84. The van der Waals surface area contributed by atoms with E-state index in [0.717, 1.165) is 12.1 Å². The molecule has 1 saturated carbocycles. The summed E-state index contributed by atoms with van der Waals surface area (Å²) in [5.41, 5.74) is 6.68. The summed E-state index contributed by atoms with van der Waals surface area (Å²) in [6.45, 7) is 3.29. The second-order valence-corrected chi connectivity index (χ2v) is 5.86. The molecule has 1 unspecified atom stereocenters. The normalized spacial score (nSPS) is 15.9. The molecule has 2 N–H and O–H groups in total. The largest absolute Gasteiger partial charge is 0.338 e. The first-order valence-electron chi connectivity index (χ1n) is 7.32. The van der Waals surface area contributed by atoms with Crippen LogP contribution in [0.5, 0.6) is 0 Å². The zero-order valence-corrected chi connectivity index (χ0v) is 12.0. The van der Waals surface area contributed by atoms with Crippen molar-refractivity contribution in [1.29, 1.82) is 0 Å². The van der Waals surface area contributed by atoms with Crippen molar-refractivity contribution in [3.8, 4) is 0 Å². The van der Waals surface area contributed by atoms with Gasteiger partial charge in [-0.15, -0.1) is 0 Å². The topological polar surface area (TPSA) is 46.3 Å². The smallest absolute Gasteiger partial charge is 0.222 e. The molecule has 1 aliphatic rings. The summed E-state index contributed by atoms with van der Waals surface area (Å²) >= 11 is 0. The Kier molecular flexibility index (Phi) is 5.12. The fourth-order valence-corrected chi connectivity index (χ4v) is 2.19. The maximum absolute atomic E-state index is 12.9. The predicted molar refractivity (Wildman–Crippen MR) is 77.4 cm³/mol. The minimum atomic E-state index is -0.245. The fourth-order valence-electron chi connectivity index (χ4n) is 2.19. The molecule has 0 aliphatic heterocycles. The second-order valence-electron chi connectivity index (χ2n) is 5.86. The number of nitrogens with zero attached hydrogens (tertiary/aromatic N) is 1. The highest BCUT2D eigenvalue weighted by Gasteiger charge is 2.26. The fraction of sp³-hybridized carbons (Fsp3) is 0.562. The molecule has 1 amide bonds. The van der Waals surface area contributed by atoms with Gasteiger partial charge in [-0.1, -0.05) is 12.1 Å². The molecule has 110 valence electrons. The van der Waals surface area contributed by atoms with Gasteiger partial charge in [0.05, 0.1) is 0 Å². The van der Waals surface area contributed by atoms with Gasteiger partial charge in [-0.2, -0.15) is 0 Å². The molecular weight excluding hydrogens is 255 g/mol. The lowest BCUT2D eigenvalue weighted by molar-refractivity contribution is -0.132. The van der Waals surface area contributed by atoms with E-state index in [4.69, 9.17) is 5.73 Å². The van der Waals surface area contributed by atoms with Gasteiger partial charge >= 0.3 is 0 Å². The van der Waals surface area contributed by atoms with Crippen molar-refractivity contribution in [2.24, 2.45) is 11.7 Å². The first kappa shape index (κ1) is 15.0. The third kappa shape index (κ3) is 4.93. The van der Waals surface area contributed by atoms with Crippen molar-refractivity contribution in [2.75, 3.05) is 6.54 Å². The summed E-state index contributed by atoms with van der Waals surface area (Å²) in [6.07, 6.45) is 3.62. The van der Waals surface area contributed by atoms with Gasteiger partial charge < -0.3 is 10.6 Å². The molecule has 1 aromatic rings. The van der Waals surface area contributed by atoms with E-state index < -0.39 is 0 Å². The molecule has 0 bridgehead atoms. The molecule has 1 fully saturated rings. The van der Waals surface area contributed by atoms with Crippen LogP contribution in [0.15, 0.2) is 24.3 Å². The van der Waals surface area contributed by atoms with Gasteiger partial charge in [-0.3, -0.25) is 4.79 Å². The van der Waals surface area contributed by atoms with Crippen molar-refractivity contribution in [2.45, 2.75) is 45.2 Å². The minimum Gasteiger partial charge on any atom is -0.338 e. The van der Waals surface area contributed by atoms with Gasteiger partial charge in [0.1, 0.15) is 5.82 Å². The SMILES string of the molecule is CC(N)CCC(=O)N(Cc1ccc(F)cc1)CC1CC1. The molecular formula is C16H23FN2O. The highest BCUT2D eigenvalue weighted by atomic mass is 19.1. The number of benzene rings is 1. The number of amides is 1. The van der Waals surface area contributed by atoms with Crippen molar-refractivity contribution >= 4 is 5.91 Å². The molecule has 1 aliphatic carbocycles. The zero-order chi connectivity index (χ0) is 14.5. The van der Waals surface area contributed by atoms with E-state index in [1.54, 1.807) is 12.1 Å².